The lowest BCUT2D eigenvalue weighted by Crippen LogP contribution is -2.04. The number of allylic oxidation sites excluding steroid dienone is 4. The SMILES string of the molecule is C/C=C(\C)C(=O)OCC.C/C=C/C=C/C(=O)OCC. The van der Waals surface area contributed by atoms with Crippen LogP contribution in [0, 0.1) is 0 Å². The molecule has 0 rings (SSSR count). The molecule has 0 aromatic rings. The van der Waals surface area contributed by atoms with Crippen molar-refractivity contribution < 1.29 is 19.1 Å². The van der Waals surface area contributed by atoms with Gasteiger partial charge in [0.15, 0.2) is 0 Å². The maximum absolute atomic E-state index is 10.7. The van der Waals surface area contributed by atoms with Crippen LogP contribution in [0.1, 0.15) is 34.6 Å². The molecule has 0 N–H and O–H groups in total. The second-order valence-electron chi connectivity index (χ2n) is 3.33. The van der Waals surface area contributed by atoms with Crippen LogP contribution in [0.3, 0.4) is 0 Å². The predicted octanol–water partition coefficient (Wildman–Crippen LogP) is 3.20. The van der Waals surface area contributed by atoms with Crippen molar-refractivity contribution >= 4 is 11.9 Å². The number of carbonyl (C=O) groups excluding carboxylic acids is 2. The zero-order chi connectivity index (χ0) is 15.1. The Kier molecular flexibility index (Phi) is 14.6. The predicted molar refractivity (Wildman–Crippen MR) is 76.7 cm³/mol. The summed E-state index contributed by atoms with van der Waals surface area (Å²) in [7, 11) is 0. The molecule has 4 nitrogen and oxygen atoms in total. The minimum absolute atomic E-state index is 0.222. The fraction of sp³-hybridized carbons (Fsp3) is 0.467. The fourth-order valence-corrected chi connectivity index (χ4v) is 0.798. The monoisotopic (exact) mass is 268 g/mol. The van der Waals surface area contributed by atoms with Crippen LogP contribution in [-0.4, -0.2) is 25.2 Å². The second-order valence-corrected chi connectivity index (χ2v) is 3.33. The van der Waals surface area contributed by atoms with Gasteiger partial charge in [0.25, 0.3) is 0 Å². The van der Waals surface area contributed by atoms with E-state index in [1.54, 1.807) is 39.0 Å². The van der Waals surface area contributed by atoms with E-state index in [0.29, 0.717) is 18.8 Å². The third-order valence-electron chi connectivity index (χ3n) is 1.85. The first kappa shape index (κ1) is 19.5. The van der Waals surface area contributed by atoms with Gasteiger partial charge in [0.1, 0.15) is 0 Å². The molecule has 0 fully saturated rings. The van der Waals surface area contributed by atoms with Gasteiger partial charge in [-0.05, 0) is 34.6 Å². The van der Waals surface area contributed by atoms with Crippen LogP contribution < -0.4 is 0 Å². The zero-order valence-electron chi connectivity index (χ0n) is 12.4. The number of carbonyl (C=O) groups is 2. The molecule has 0 radical (unpaired) electrons. The summed E-state index contributed by atoms with van der Waals surface area (Å²) in [5, 5.41) is 0. The highest BCUT2D eigenvalue weighted by atomic mass is 16.5. The number of hydrogen-bond donors (Lipinski definition) is 0. The van der Waals surface area contributed by atoms with E-state index in [4.69, 9.17) is 0 Å². The van der Waals surface area contributed by atoms with Gasteiger partial charge in [-0.2, -0.15) is 0 Å². The Labute approximate surface area is 115 Å². The molecule has 0 saturated carbocycles. The average Bonchev–Trinajstić information content (AvgIpc) is 2.39. The first-order valence-electron chi connectivity index (χ1n) is 6.29. The molecule has 19 heavy (non-hydrogen) atoms. The van der Waals surface area contributed by atoms with E-state index in [9.17, 15) is 9.59 Å². The Hall–Kier alpha value is -1.84. The molecular formula is C15H24O4. The molecule has 0 aliphatic carbocycles. The highest BCUT2D eigenvalue weighted by molar-refractivity contribution is 5.87. The van der Waals surface area contributed by atoms with Crippen LogP contribution >= 0.6 is 0 Å². The third-order valence-corrected chi connectivity index (χ3v) is 1.85. The van der Waals surface area contributed by atoms with Gasteiger partial charge in [0.2, 0.25) is 0 Å². The van der Waals surface area contributed by atoms with Crippen LogP contribution in [0.15, 0.2) is 36.0 Å². The largest absolute Gasteiger partial charge is 0.463 e. The first-order chi connectivity index (χ1) is 9.03. The normalized spacial score (nSPS) is 11.1. The van der Waals surface area contributed by atoms with Gasteiger partial charge in [-0.1, -0.05) is 24.3 Å². The number of hydrogen-bond acceptors (Lipinski definition) is 4. The lowest BCUT2D eigenvalue weighted by Gasteiger charge is -1.98. The molecule has 0 atom stereocenters. The number of rotatable bonds is 5. The van der Waals surface area contributed by atoms with Crippen molar-refractivity contribution in [3.8, 4) is 0 Å². The number of esters is 2. The van der Waals surface area contributed by atoms with Crippen LogP contribution in [0.5, 0.6) is 0 Å². The van der Waals surface area contributed by atoms with Gasteiger partial charge in [0, 0.05) is 11.6 Å². The van der Waals surface area contributed by atoms with Crippen molar-refractivity contribution in [1.82, 2.24) is 0 Å². The van der Waals surface area contributed by atoms with E-state index >= 15 is 0 Å². The molecule has 0 bridgehead atoms. The van der Waals surface area contributed by atoms with Crippen LogP contribution in [0.4, 0.5) is 0 Å². The third kappa shape index (κ3) is 14.1. The van der Waals surface area contributed by atoms with Crippen molar-refractivity contribution in [2.45, 2.75) is 34.6 Å². The van der Waals surface area contributed by atoms with Crippen molar-refractivity contribution in [3.05, 3.63) is 36.0 Å². The quantitative estimate of drug-likeness (QED) is 0.436. The molecule has 0 aliphatic rings. The van der Waals surface area contributed by atoms with E-state index in [0.717, 1.165) is 0 Å². The zero-order valence-corrected chi connectivity index (χ0v) is 12.4. The molecule has 0 aromatic heterocycles. The lowest BCUT2D eigenvalue weighted by atomic mass is 10.3. The molecule has 0 aliphatic heterocycles. The van der Waals surface area contributed by atoms with Crippen LogP contribution in [0.25, 0.3) is 0 Å². The maximum atomic E-state index is 10.7. The summed E-state index contributed by atoms with van der Waals surface area (Å²) >= 11 is 0. The molecule has 0 amide bonds. The Morgan fingerprint density at radius 3 is 2.00 bits per heavy atom. The maximum Gasteiger partial charge on any atom is 0.333 e. The summed E-state index contributed by atoms with van der Waals surface area (Å²) in [4.78, 5) is 21.3. The Morgan fingerprint density at radius 2 is 1.58 bits per heavy atom. The topological polar surface area (TPSA) is 52.6 Å². The first-order valence-corrected chi connectivity index (χ1v) is 6.29. The minimum atomic E-state index is -0.291. The summed E-state index contributed by atoms with van der Waals surface area (Å²) < 4.78 is 9.32. The highest BCUT2D eigenvalue weighted by Crippen LogP contribution is 1.94. The van der Waals surface area contributed by atoms with Crippen molar-refractivity contribution in [2.24, 2.45) is 0 Å². The van der Waals surface area contributed by atoms with Gasteiger partial charge in [-0.15, -0.1) is 0 Å². The van der Waals surface area contributed by atoms with Crippen molar-refractivity contribution in [1.29, 1.82) is 0 Å². The molecule has 0 spiro atoms. The van der Waals surface area contributed by atoms with Crippen molar-refractivity contribution in [2.75, 3.05) is 13.2 Å². The van der Waals surface area contributed by atoms with Gasteiger partial charge in [-0.3, -0.25) is 0 Å². The van der Waals surface area contributed by atoms with Gasteiger partial charge in [-0.25, -0.2) is 9.59 Å². The number of ether oxygens (including phenoxy) is 2. The Morgan fingerprint density at radius 1 is 1.00 bits per heavy atom. The van der Waals surface area contributed by atoms with Gasteiger partial charge >= 0.3 is 11.9 Å². The summed E-state index contributed by atoms with van der Waals surface area (Å²) in [5.74, 6) is -0.513. The Bertz CT molecular complexity index is 338. The summed E-state index contributed by atoms with van der Waals surface area (Å²) in [5.41, 5.74) is 0.664. The van der Waals surface area contributed by atoms with Gasteiger partial charge in [0.05, 0.1) is 13.2 Å². The van der Waals surface area contributed by atoms with E-state index in [-0.39, 0.29) is 11.9 Å². The molecule has 0 aromatic carbocycles. The van der Waals surface area contributed by atoms with E-state index in [1.165, 1.54) is 6.08 Å². The fourth-order valence-electron chi connectivity index (χ4n) is 0.798. The molecule has 108 valence electrons. The smallest absolute Gasteiger partial charge is 0.333 e. The lowest BCUT2D eigenvalue weighted by molar-refractivity contribution is -0.138. The molecule has 0 heterocycles. The second kappa shape index (κ2) is 14.2. The van der Waals surface area contributed by atoms with E-state index in [1.807, 2.05) is 19.9 Å². The molecule has 0 unspecified atom stereocenters. The average molecular weight is 268 g/mol. The summed E-state index contributed by atoms with van der Waals surface area (Å²) in [6, 6.07) is 0. The van der Waals surface area contributed by atoms with E-state index in [2.05, 4.69) is 9.47 Å². The highest BCUT2D eigenvalue weighted by Gasteiger charge is 2.00. The standard InChI is InChI=1S/C8H12O2.C7H12O2/c1-3-5-6-7-8(9)10-4-2;1-4-6(3)7(8)9-5-2/h3,5-7H,4H2,1-2H3;4H,5H2,1-3H3/b5-3+,7-6+;6-4+. The van der Waals surface area contributed by atoms with E-state index < -0.39 is 0 Å². The molecular weight excluding hydrogens is 244 g/mol. The summed E-state index contributed by atoms with van der Waals surface area (Å²) in [6.07, 6.45) is 8.39. The Balaban J connectivity index is 0. The van der Waals surface area contributed by atoms with Gasteiger partial charge < -0.3 is 9.47 Å². The summed E-state index contributed by atoms with van der Waals surface area (Å²) in [6.45, 7) is 9.88. The van der Waals surface area contributed by atoms with Crippen molar-refractivity contribution in [3.63, 3.8) is 0 Å². The van der Waals surface area contributed by atoms with Crippen LogP contribution in [-0.2, 0) is 19.1 Å². The molecule has 4 heteroatoms. The minimum Gasteiger partial charge on any atom is -0.463 e. The van der Waals surface area contributed by atoms with Crippen LogP contribution in [0.2, 0.25) is 0 Å². The molecule has 0 saturated heterocycles.